The molecule has 5 heteroatoms. The van der Waals surface area contributed by atoms with Crippen molar-refractivity contribution in [2.45, 2.75) is 58.2 Å². The van der Waals surface area contributed by atoms with Gasteiger partial charge in [-0.05, 0) is 36.0 Å². The van der Waals surface area contributed by atoms with Gasteiger partial charge in [-0.25, -0.2) is 0 Å². The number of carbonyl (C=O) groups excluding carboxylic acids is 2. The first kappa shape index (κ1) is 23.0. The van der Waals surface area contributed by atoms with Gasteiger partial charge in [0, 0.05) is 13.0 Å². The normalized spacial score (nSPS) is 14.8. The number of carbonyl (C=O) groups is 2. The Morgan fingerprint density at radius 1 is 0.970 bits per heavy atom. The Labute approximate surface area is 195 Å². The summed E-state index contributed by atoms with van der Waals surface area (Å²) in [5.74, 6) is 0.0710. The summed E-state index contributed by atoms with van der Waals surface area (Å²) < 4.78 is 7.64. The summed E-state index contributed by atoms with van der Waals surface area (Å²) in [6.07, 6.45) is 2.09. The van der Waals surface area contributed by atoms with Crippen molar-refractivity contribution in [3.8, 4) is 0 Å². The first-order valence-corrected chi connectivity index (χ1v) is 11.9. The zero-order valence-electron chi connectivity index (χ0n) is 19.4. The van der Waals surface area contributed by atoms with Gasteiger partial charge in [-0.2, -0.15) is 0 Å². The molecular weight excluding hydrogens is 412 g/mol. The van der Waals surface area contributed by atoms with Crippen LogP contribution in [0, 0.1) is 0 Å². The number of ketones is 1. The lowest BCUT2D eigenvalue weighted by Gasteiger charge is -2.21. The molecule has 1 aliphatic heterocycles. The third-order valence-corrected chi connectivity index (χ3v) is 6.55. The number of amides is 1. The molecule has 5 nitrogen and oxygen atoms in total. The highest BCUT2D eigenvalue weighted by Crippen LogP contribution is 2.28. The van der Waals surface area contributed by atoms with E-state index in [1.807, 2.05) is 53.1 Å². The van der Waals surface area contributed by atoms with Gasteiger partial charge in [0.25, 0.3) is 5.91 Å². The van der Waals surface area contributed by atoms with Crippen molar-refractivity contribution in [2.24, 2.45) is 0 Å². The van der Waals surface area contributed by atoms with Gasteiger partial charge in [0.2, 0.25) is 0 Å². The van der Waals surface area contributed by atoms with Gasteiger partial charge in [0.15, 0.2) is 5.78 Å². The van der Waals surface area contributed by atoms with Crippen LogP contribution in [0.3, 0.4) is 0 Å². The predicted octanol–water partition coefficient (Wildman–Crippen LogP) is 5.67. The molecule has 0 fully saturated rings. The summed E-state index contributed by atoms with van der Waals surface area (Å²) in [7, 11) is 0. The quantitative estimate of drug-likeness (QED) is 0.433. The number of rotatable bonds is 9. The minimum absolute atomic E-state index is 0.0722. The molecule has 2 heterocycles. The fourth-order valence-electron chi connectivity index (χ4n) is 4.65. The Morgan fingerprint density at radius 2 is 1.64 bits per heavy atom. The lowest BCUT2D eigenvalue weighted by atomic mass is 9.90. The number of benzene rings is 2. The van der Waals surface area contributed by atoms with Gasteiger partial charge >= 0.3 is 0 Å². The first-order chi connectivity index (χ1) is 16.1. The van der Waals surface area contributed by atoms with Crippen LogP contribution in [0.15, 0.2) is 66.7 Å². The van der Waals surface area contributed by atoms with E-state index in [9.17, 15) is 9.59 Å². The molecule has 4 rings (SSSR count). The molecule has 2 atom stereocenters. The van der Waals surface area contributed by atoms with E-state index < -0.39 is 0 Å². The molecule has 3 aromatic rings. The predicted molar refractivity (Wildman–Crippen MR) is 129 cm³/mol. The molecule has 2 aromatic carbocycles. The molecule has 1 amide bonds. The molecule has 1 aromatic heterocycles. The zero-order valence-corrected chi connectivity index (χ0v) is 19.4. The summed E-state index contributed by atoms with van der Waals surface area (Å²) in [6, 6.07) is 21.8. The van der Waals surface area contributed by atoms with Crippen molar-refractivity contribution in [3.05, 3.63) is 94.8 Å². The molecule has 0 saturated heterocycles. The number of nitrogens with zero attached hydrogens (tertiary/aromatic N) is 1. The molecule has 0 unspecified atom stereocenters. The Balaban J connectivity index is 1.58. The summed E-state index contributed by atoms with van der Waals surface area (Å²) in [5.41, 5.74) is 4.19. The van der Waals surface area contributed by atoms with E-state index in [1.54, 1.807) is 6.07 Å². The van der Waals surface area contributed by atoms with Crippen molar-refractivity contribution in [1.29, 1.82) is 0 Å². The van der Waals surface area contributed by atoms with Crippen LogP contribution in [0.5, 0.6) is 0 Å². The van der Waals surface area contributed by atoms with Crippen LogP contribution >= 0.6 is 0 Å². The Bertz CT molecular complexity index is 1000. The number of hydrogen-bond acceptors (Lipinski definition) is 3. The monoisotopic (exact) mass is 444 g/mol. The summed E-state index contributed by atoms with van der Waals surface area (Å²) >= 11 is 0. The first-order valence-electron chi connectivity index (χ1n) is 11.9. The maximum atomic E-state index is 13.4. The highest BCUT2D eigenvalue weighted by Gasteiger charge is 2.28. The molecular formula is C28H32N2O3. The lowest BCUT2D eigenvalue weighted by molar-refractivity contribution is 0.0780. The molecule has 172 valence electrons. The van der Waals surface area contributed by atoms with Crippen LogP contribution in [0.1, 0.15) is 82.7 Å². The minimum Gasteiger partial charge on any atom is -0.373 e. The smallest absolute Gasteiger partial charge is 0.253 e. The van der Waals surface area contributed by atoms with Crippen LogP contribution in [0.2, 0.25) is 0 Å². The number of aromatic nitrogens is 1. The highest BCUT2D eigenvalue weighted by molar-refractivity contribution is 6.01. The van der Waals surface area contributed by atoms with Crippen molar-refractivity contribution >= 4 is 11.7 Å². The molecule has 0 saturated carbocycles. The standard InChI is InChI=1S/C28H32N2O3/c1-3-20(21-11-7-5-8-12-21)17-27(31)25-18-23(26-19-33-16-15-30(25)26)28(32)29-24(4-2)22-13-9-6-10-14-22/h5-14,18,20,24H,3-4,15-17,19H2,1-2H3,(H,29,32)/t20-,24+/m0/s1. The van der Waals surface area contributed by atoms with E-state index >= 15 is 0 Å². The van der Waals surface area contributed by atoms with Crippen LogP contribution in [-0.4, -0.2) is 22.9 Å². The third kappa shape index (κ3) is 5.09. The second-order valence-corrected chi connectivity index (χ2v) is 8.58. The molecule has 0 radical (unpaired) electrons. The van der Waals surface area contributed by atoms with Crippen molar-refractivity contribution in [1.82, 2.24) is 9.88 Å². The van der Waals surface area contributed by atoms with Gasteiger partial charge in [-0.3, -0.25) is 9.59 Å². The second-order valence-electron chi connectivity index (χ2n) is 8.58. The molecule has 33 heavy (non-hydrogen) atoms. The van der Waals surface area contributed by atoms with E-state index in [4.69, 9.17) is 4.74 Å². The van der Waals surface area contributed by atoms with E-state index in [0.717, 1.165) is 24.1 Å². The van der Waals surface area contributed by atoms with Crippen LogP contribution in [-0.2, 0) is 17.9 Å². The second kappa shape index (κ2) is 10.6. The summed E-state index contributed by atoms with van der Waals surface area (Å²) in [5, 5.41) is 3.16. The van der Waals surface area contributed by atoms with E-state index in [-0.39, 0.29) is 23.7 Å². The average Bonchev–Trinajstić information content (AvgIpc) is 3.26. The fraction of sp³-hybridized carbons (Fsp3) is 0.357. The number of fused-ring (bicyclic) bond motifs is 1. The van der Waals surface area contributed by atoms with Gasteiger partial charge in [0.1, 0.15) is 0 Å². The summed E-state index contributed by atoms with van der Waals surface area (Å²) in [4.78, 5) is 26.7. The maximum absolute atomic E-state index is 13.4. The number of nitrogens with one attached hydrogen (secondary N) is 1. The number of hydrogen-bond donors (Lipinski definition) is 1. The lowest BCUT2D eigenvalue weighted by Crippen LogP contribution is -2.29. The Hall–Kier alpha value is -3.18. The highest BCUT2D eigenvalue weighted by atomic mass is 16.5. The van der Waals surface area contributed by atoms with E-state index in [1.165, 1.54) is 5.56 Å². The molecule has 1 N–H and O–H groups in total. The van der Waals surface area contributed by atoms with Crippen molar-refractivity contribution in [3.63, 3.8) is 0 Å². The van der Waals surface area contributed by atoms with Gasteiger partial charge < -0.3 is 14.6 Å². The van der Waals surface area contributed by atoms with Crippen molar-refractivity contribution < 1.29 is 14.3 Å². The van der Waals surface area contributed by atoms with Crippen LogP contribution in [0.25, 0.3) is 0 Å². The minimum atomic E-state index is -0.158. The van der Waals surface area contributed by atoms with E-state index in [0.29, 0.717) is 37.4 Å². The molecule has 0 spiro atoms. The van der Waals surface area contributed by atoms with E-state index in [2.05, 4.69) is 31.3 Å². The zero-order chi connectivity index (χ0) is 23.2. The number of Topliss-reactive ketones (excluding diaryl/α,β-unsaturated/α-hetero) is 1. The van der Waals surface area contributed by atoms with Crippen LogP contribution < -0.4 is 5.32 Å². The molecule has 1 aliphatic rings. The largest absolute Gasteiger partial charge is 0.373 e. The molecule has 0 aliphatic carbocycles. The summed E-state index contributed by atoms with van der Waals surface area (Å²) in [6.45, 7) is 5.63. The topological polar surface area (TPSA) is 60.3 Å². The fourth-order valence-corrected chi connectivity index (χ4v) is 4.65. The van der Waals surface area contributed by atoms with Crippen LogP contribution in [0.4, 0.5) is 0 Å². The van der Waals surface area contributed by atoms with Crippen molar-refractivity contribution in [2.75, 3.05) is 6.61 Å². The van der Waals surface area contributed by atoms with Gasteiger partial charge in [0.05, 0.1) is 36.2 Å². The average molecular weight is 445 g/mol. The van der Waals surface area contributed by atoms with Gasteiger partial charge in [-0.1, -0.05) is 74.5 Å². The third-order valence-electron chi connectivity index (χ3n) is 6.55. The Kier molecular flexibility index (Phi) is 7.40. The Morgan fingerprint density at radius 3 is 2.27 bits per heavy atom. The molecule has 0 bridgehead atoms. The van der Waals surface area contributed by atoms with Gasteiger partial charge in [-0.15, -0.1) is 0 Å². The number of ether oxygens (including phenoxy) is 1. The SMILES string of the molecule is CC[C@@H](CC(=O)c1cc(C(=O)N[C@H](CC)c2ccccc2)c2n1CCOC2)c1ccccc1. The maximum Gasteiger partial charge on any atom is 0.253 e.